The molecule has 3 N–H and O–H groups in total. The van der Waals surface area contributed by atoms with E-state index in [0.717, 1.165) is 0 Å². The SMILES string of the molecule is COc1ccc(Br)c(NS(=O)(=O)c2ccc(Br)c(N)c2)c1. The summed E-state index contributed by atoms with van der Waals surface area (Å²) in [6.07, 6.45) is 0. The van der Waals surface area contributed by atoms with Gasteiger partial charge in [-0.05, 0) is 62.2 Å². The van der Waals surface area contributed by atoms with Gasteiger partial charge >= 0.3 is 0 Å². The van der Waals surface area contributed by atoms with Gasteiger partial charge in [-0.25, -0.2) is 8.42 Å². The minimum Gasteiger partial charge on any atom is -0.497 e. The average molecular weight is 436 g/mol. The van der Waals surface area contributed by atoms with E-state index in [1.807, 2.05) is 0 Å². The van der Waals surface area contributed by atoms with Crippen LogP contribution in [-0.4, -0.2) is 15.5 Å². The van der Waals surface area contributed by atoms with Gasteiger partial charge in [-0.1, -0.05) is 0 Å². The monoisotopic (exact) mass is 434 g/mol. The molecule has 112 valence electrons. The first-order valence-electron chi connectivity index (χ1n) is 5.75. The van der Waals surface area contributed by atoms with Crippen molar-refractivity contribution < 1.29 is 13.2 Å². The van der Waals surface area contributed by atoms with Crippen molar-refractivity contribution in [2.45, 2.75) is 4.90 Å². The molecule has 2 rings (SSSR count). The van der Waals surface area contributed by atoms with Gasteiger partial charge in [0, 0.05) is 20.7 Å². The highest BCUT2D eigenvalue weighted by Gasteiger charge is 2.17. The van der Waals surface area contributed by atoms with E-state index in [-0.39, 0.29) is 4.90 Å². The number of benzene rings is 2. The van der Waals surface area contributed by atoms with Crippen molar-refractivity contribution in [1.29, 1.82) is 0 Å². The lowest BCUT2D eigenvalue weighted by molar-refractivity contribution is 0.415. The zero-order valence-corrected chi connectivity index (χ0v) is 14.9. The summed E-state index contributed by atoms with van der Waals surface area (Å²) in [6.45, 7) is 0. The summed E-state index contributed by atoms with van der Waals surface area (Å²) in [5.41, 5.74) is 6.45. The Kier molecular flexibility index (Phi) is 4.80. The molecule has 0 aliphatic carbocycles. The van der Waals surface area contributed by atoms with E-state index in [1.165, 1.54) is 19.2 Å². The van der Waals surface area contributed by atoms with Crippen molar-refractivity contribution in [3.8, 4) is 5.75 Å². The highest BCUT2D eigenvalue weighted by molar-refractivity contribution is 9.11. The molecule has 21 heavy (non-hydrogen) atoms. The Bertz CT molecular complexity index is 779. The van der Waals surface area contributed by atoms with Crippen LogP contribution in [0.2, 0.25) is 0 Å². The van der Waals surface area contributed by atoms with Gasteiger partial charge < -0.3 is 10.5 Å². The van der Waals surface area contributed by atoms with Gasteiger partial charge in [0.05, 0.1) is 17.7 Å². The zero-order chi connectivity index (χ0) is 15.6. The number of anilines is 2. The summed E-state index contributed by atoms with van der Waals surface area (Å²) in [6, 6.07) is 9.46. The molecule has 0 aliphatic rings. The molecule has 0 bridgehead atoms. The van der Waals surface area contributed by atoms with Crippen LogP contribution < -0.4 is 15.2 Å². The fraction of sp³-hybridized carbons (Fsp3) is 0.0769. The molecule has 5 nitrogen and oxygen atoms in total. The molecule has 0 saturated carbocycles. The smallest absolute Gasteiger partial charge is 0.262 e. The fourth-order valence-corrected chi connectivity index (χ4v) is 3.43. The van der Waals surface area contributed by atoms with Gasteiger partial charge in [0.2, 0.25) is 0 Å². The first kappa shape index (κ1) is 16.1. The van der Waals surface area contributed by atoms with Crippen LogP contribution in [-0.2, 0) is 10.0 Å². The number of sulfonamides is 1. The van der Waals surface area contributed by atoms with E-state index in [9.17, 15) is 8.42 Å². The number of hydrogen-bond donors (Lipinski definition) is 2. The molecule has 0 amide bonds. The topological polar surface area (TPSA) is 81.4 Å². The summed E-state index contributed by atoms with van der Waals surface area (Å²) in [4.78, 5) is 0.0814. The Morgan fingerprint density at radius 1 is 1.10 bits per heavy atom. The summed E-state index contributed by atoms with van der Waals surface area (Å²) >= 11 is 6.53. The van der Waals surface area contributed by atoms with Gasteiger partial charge in [0.15, 0.2) is 0 Å². The number of ether oxygens (including phenoxy) is 1. The number of rotatable bonds is 4. The number of halogens is 2. The molecule has 0 aromatic heterocycles. The van der Waals surface area contributed by atoms with E-state index in [1.54, 1.807) is 24.3 Å². The van der Waals surface area contributed by atoms with Crippen molar-refractivity contribution in [1.82, 2.24) is 0 Å². The summed E-state index contributed by atoms with van der Waals surface area (Å²) in [7, 11) is -2.23. The molecule has 0 aliphatic heterocycles. The third kappa shape index (κ3) is 3.69. The Labute approximate surface area is 139 Å². The zero-order valence-electron chi connectivity index (χ0n) is 10.9. The molecule has 0 unspecified atom stereocenters. The minimum absolute atomic E-state index is 0.0814. The first-order chi connectivity index (χ1) is 9.83. The number of nitrogen functional groups attached to an aromatic ring is 1. The predicted octanol–water partition coefficient (Wildman–Crippen LogP) is 3.60. The molecule has 8 heteroatoms. The Hall–Kier alpha value is -1.25. The van der Waals surface area contributed by atoms with Gasteiger partial charge in [0.1, 0.15) is 5.75 Å². The van der Waals surface area contributed by atoms with Crippen LogP contribution in [0.3, 0.4) is 0 Å². The Morgan fingerprint density at radius 2 is 1.76 bits per heavy atom. The van der Waals surface area contributed by atoms with Crippen molar-refractivity contribution >= 4 is 53.3 Å². The molecule has 0 fully saturated rings. The van der Waals surface area contributed by atoms with Crippen LogP contribution >= 0.6 is 31.9 Å². The Balaban J connectivity index is 2.39. The molecule has 2 aromatic rings. The quantitative estimate of drug-likeness (QED) is 0.718. The van der Waals surface area contributed by atoms with Crippen LogP contribution in [0.15, 0.2) is 50.2 Å². The fourth-order valence-electron chi connectivity index (χ4n) is 1.60. The van der Waals surface area contributed by atoms with Gasteiger partial charge in [0.25, 0.3) is 10.0 Å². The lowest BCUT2D eigenvalue weighted by Gasteiger charge is -2.12. The molecule has 0 radical (unpaired) electrons. The average Bonchev–Trinajstić information content (AvgIpc) is 2.44. The maximum Gasteiger partial charge on any atom is 0.262 e. The summed E-state index contributed by atoms with van der Waals surface area (Å²) < 4.78 is 33.6. The lowest BCUT2D eigenvalue weighted by Crippen LogP contribution is -2.13. The van der Waals surface area contributed by atoms with Crippen molar-refractivity contribution in [3.05, 3.63) is 45.3 Å². The highest BCUT2D eigenvalue weighted by Crippen LogP contribution is 2.30. The van der Waals surface area contributed by atoms with Crippen LogP contribution in [0.1, 0.15) is 0 Å². The van der Waals surface area contributed by atoms with E-state index in [0.29, 0.717) is 26.1 Å². The van der Waals surface area contributed by atoms with Gasteiger partial charge in [-0.2, -0.15) is 0 Å². The second-order valence-electron chi connectivity index (χ2n) is 4.13. The molecule has 0 heterocycles. The molecular weight excluding hydrogens is 424 g/mol. The molecule has 2 aromatic carbocycles. The van der Waals surface area contributed by atoms with Gasteiger partial charge in [-0.15, -0.1) is 0 Å². The standard InChI is InChI=1S/C13H12Br2N2O3S/c1-20-8-2-4-11(15)13(6-8)17-21(18,19)9-3-5-10(14)12(16)7-9/h2-7,17H,16H2,1H3. The first-order valence-corrected chi connectivity index (χ1v) is 8.82. The second kappa shape index (κ2) is 6.25. The molecule has 0 spiro atoms. The number of methoxy groups -OCH3 is 1. The van der Waals surface area contributed by atoms with Crippen molar-refractivity contribution in [2.75, 3.05) is 17.6 Å². The van der Waals surface area contributed by atoms with E-state index < -0.39 is 10.0 Å². The van der Waals surface area contributed by atoms with Crippen LogP contribution in [0.25, 0.3) is 0 Å². The number of nitrogens with one attached hydrogen (secondary N) is 1. The molecular formula is C13H12Br2N2O3S. The van der Waals surface area contributed by atoms with Gasteiger partial charge in [-0.3, -0.25) is 4.72 Å². The summed E-state index contributed by atoms with van der Waals surface area (Å²) in [5.74, 6) is 0.547. The third-order valence-electron chi connectivity index (χ3n) is 2.70. The van der Waals surface area contributed by atoms with E-state index in [4.69, 9.17) is 10.5 Å². The van der Waals surface area contributed by atoms with E-state index in [2.05, 4.69) is 36.6 Å². The van der Waals surface area contributed by atoms with Crippen LogP contribution in [0, 0.1) is 0 Å². The van der Waals surface area contributed by atoms with Crippen LogP contribution in [0.5, 0.6) is 5.75 Å². The maximum atomic E-state index is 12.4. The van der Waals surface area contributed by atoms with Crippen molar-refractivity contribution in [2.24, 2.45) is 0 Å². The normalized spacial score (nSPS) is 11.2. The molecule has 0 atom stereocenters. The number of hydrogen-bond acceptors (Lipinski definition) is 4. The minimum atomic E-state index is -3.74. The second-order valence-corrected chi connectivity index (χ2v) is 7.53. The lowest BCUT2D eigenvalue weighted by atomic mass is 10.3. The highest BCUT2D eigenvalue weighted by atomic mass is 79.9. The summed E-state index contributed by atoms with van der Waals surface area (Å²) in [5, 5.41) is 0. The largest absolute Gasteiger partial charge is 0.497 e. The van der Waals surface area contributed by atoms with Crippen LogP contribution in [0.4, 0.5) is 11.4 Å². The van der Waals surface area contributed by atoms with E-state index >= 15 is 0 Å². The number of nitrogens with two attached hydrogens (primary N) is 1. The molecule has 0 saturated heterocycles. The van der Waals surface area contributed by atoms with Crippen molar-refractivity contribution in [3.63, 3.8) is 0 Å². The maximum absolute atomic E-state index is 12.4. The predicted molar refractivity (Wildman–Crippen MR) is 90.1 cm³/mol. The third-order valence-corrected chi connectivity index (χ3v) is 5.47. The Morgan fingerprint density at radius 3 is 2.38 bits per heavy atom.